The molecule has 0 aliphatic heterocycles. The Balaban J connectivity index is 2.86. The van der Waals surface area contributed by atoms with Gasteiger partial charge in [0.2, 0.25) is 11.8 Å². The van der Waals surface area contributed by atoms with Gasteiger partial charge in [0.15, 0.2) is 0 Å². The van der Waals surface area contributed by atoms with E-state index in [0.29, 0.717) is 25.4 Å². The third-order valence-corrected chi connectivity index (χ3v) is 3.64. The topological polar surface area (TPSA) is 58.6 Å². The first-order chi connectivity index (χ1) is 10.9. The fourth-order valence-corrected chi connectivity index (χ4v) is 2.21. The Kier molecular flexibility index (Phi) is 7.59. The third-order valence-electron chi connectivity index (χ3n) is 3.64. The molecule has 1 aromatic carbocycles. The van der Waals surface area contributed by atoms with Crippen LogP contribution in [0, 0.1) is 5.92 Å². The van der Waals surface area contributed by atoms with Gasteiger partial charge in [-0.25, -0.2) is 0 Å². The van der Waals surface area contributed by atoms with E-state index in [0.717, 1.165) is 11.3 Å². The number of nitrogens with one attached hydrogen (secondary N) is 1. The molecule has 5 nitrogen and oxygen atoms in total. The molecule has 5 heteroatoms. The summed E-state index contributed by atoms with van der Waals surface area (Å²) in [5, 5.41) is 2.89. The van der Waals surface area contributed by atoms with Crippen molar-refractivity contribution in [2.75, 3.05) is 13.7 Å². The van der Waals surface area contributed by atoms with E-state index in [1.54, 1.807) is 25.9 Å². The first kappa shape index (κ1) is 19.0. The molecular weight excluding hydrogens is 292 g/mol. The van der Waals surface area contributed by atoms with Crippen LogP contribution in [0.25, 0.3) is 0 Å². The predicted molar refractivity (Wildman–Crippen MR) is 91.1 cm³/mol. The number of carbonyl (C=O) groups is 2. The maximum Gasteiger partial charge on any atom is 0.242 e. The van der Waals surface area contributed by atoms with Gasteiger partial charge in [0, 0.05) is 19.5 Å². The number of amides is 2. The van der Waals surface area contributed by atoms with Crippen molar-refractivity contribution in [3.05, 3.63) is 29.8 Å². The largest absolute Gasteiger partial charge is 0.497 e. The highest BCUT2D eigenvalue weighted by Gasteiger charge is 2.25. The molecule has 0 spiro atoms. The van der Waals surface area contributed by atoms with E-state index in [1.165, 1.54) is 0 Å². The molecule has 0 saturated carbocycles. The molecule has 1 N–H and O–H groups in total. The number of nitrogens with zero attached hydrogens (tertiary/aromatic N) is 1. The van der Waals surface area contributed by atoms with Crippen molar-refractivity contribution >= 4 is 11.8 Å². The van der Waals surface area contributed by atoms with Gasteiger partial charge < -0.3 is 15.0 Å². The fraction of sp³-hybridized carbons (Fsp3) is 0.556. The van der Waals surface area contributed by atoms with Gasteiger partial charge in [0.1, 0.15) is 11.8 Å². The van der Waals surface area contributed by atoms with Crippen molar-refractivity contribution < 1.29 is 14.3 Å². The van der Waals surface area contributed by atoms with E-state index < -0.39 is 6.04 Å². The van der Waals surface area contributed by atoms with Crippen LogP contribution in [0.1, 0.15) is 39.7 Å². The molecule has 1 atom stereocenters. The molecule has 1 aromatic rings. The summed E-state index contributed by atoms with van der Waals surface area (Å²) < 4.78 is 5.21. The van der Waals surface area contributed by atoms with Crippen molar-refractivity contribution in [3.8, 4) is 5.75 Å². The van der Waals surface area contributed by atoms with Crippen LogP contribution in [0.4, 0.5) is 0 Å². The highest BCUT2D eigenvalue weighted by Crippen LogP contribution is 2.16. The van der Waals surface area contributed by atoms with Gasteiger partial charge in [0.05, 0.1) is 7.11 Å². The van der Waals surface area contributed by atoms with Gasteiger partial charge in [-0.2, -0.15) is 0 Å². The summed E-state index contributed by atoms with van der Waals surface area (Å²) in [5.41, 5.74) is 0.939. The second-order valence-corrected chi connectivity index (χ2v) is 6.04. The highest BCUT2D eigenvalue weighted by molar-refractivity contribution is 5.87. The molecule has 0 radical (unpaired) electrons. The van der Waals surface area contributed by atoms with Gasteiger partial charge >= 0.3 is 0 Å². The smallest absolute Gasteiger partial charge is 0.242 e. The quantitative estimate of drug-likeness (QED) is 0.801. The first-order valence-corrected chi connectivity index (χ1v) is 8.09. The van der Waals surface area contributed by atoms with E-state index in [1.807, 2.05) is 38.1 Å². The summed E-state index contributed by atoms with van der Waals surface area (Å²) in [7, 11) is 1.61. The Hall–Kier alpha value is -2.04. The Morgan fingerprint density at radius 1 is 1.26 bits per heavy atom. The van der Waals surface area contributed by atoms with E-state index in [2.05, 4.69) is 5.32 Å². The summed E-state index contributed by atoms with van der Waals surface area (Å²) in [5.74, 6) is 0.951. The number of ether oxygens (including phenoxy) is 1. The van der Waals surface area contributed by atoms with Gasteiger partial charge in [-0.15, -0.1) is 0 Å². The highest BCUT2D eigenvalue weighted by atomic mass is 16.5. The van der Waals surface area contributed by atoms with Crippen LogP contribution >= 0.6 is 0 Å². The van der Waals surface area contributed by atoms with E-state index in [4.69, 9.17) is 4.74 Å². The number of hydrogen-bond donors (Lipinski definition) is 1. The molecule has 0 fully saturated rings. The Morgan fingerprint density at radius 3 is 2.52 bits per heavy atom. The van der Waals surface area contributed by atoms with Crippen molar-refractivity contribution in [2.45, 2.75) is 46.7 Å². The van der Waals surface area contributed by atoms with Crippen molar-refractivity contribution in [1.82, 2.24) is 10.2 Å². The lowest BCUT2D eigenvalue weighted by molar-refractivity contribution is -0.140. The summed E-state index contributed by atoms with van der Waals surface area (Å²) in [6.07, 6.45) is 0.367. The average molecular weight is 320 g/mol. The minimum Gasteiger partial charge on any atom is -0.497 e. The number of methoxy groups -OCH3 is 1. The molecule has 0 aromatic heterocycles. The summed E-state index contributed by atoms with van der Waals surface area (Å²) >= 11 is 0. The van der Waals surface area contributed by atoms with Crippen LogP contribution in [0.15, 0.2) is 24.3 Å². The third kappa shape index (κ3) is 5.93. The molecule has 0 bridgehead atoms. The minimum absolute atomic E-state index is 0.0417. The van der Waals surface area contributed by atoms with Crippen LogP contribution in [-0.4, -0.2) is 36.4 Å². The summed E-state index contributed by atoms with van der Waals surface area (Å²) in [6.45, 7) is 8.64. The Morgan fingerprint density at radius 2 is 1.96 bits per heavy atom. The fourth-order valence-electron chi connectivity index (χ4n) is 2.21. The molecule has 23 heavy (non-hydrogen) atoms. The number of rotatable bonds is 8. The molecule has 2 amide bonds. The van der Waals surface area contributed by atoms with E-state index >= 15 is 0 Å². The molecule has 0 saturated heterocycles. The maximum absolute atomic E-state index is 12.3. The van der Waals surface area contributed by atoms with Gasteiger partial charge in [-0.1, -0.05) is 32.9 Å². The normalized spacial score (nSPS) is 11.9. The van der Waals surface area contributed by atoms with E-state index in [9.17, 15) is 9.59 Å². The predicted octanol–water partition coefficient (Wildman–Crippen LogP) is 2.59. The van der Waals surface area contributed by atoms with Gasteiger partial charge in [-0.05, 0) is 30.5 Å². The second kappa shape index (κ2) is 9.18. The first-order valence-electron chi connectivity index (χ1n) is 8.09. The van der Waals surface area contributed by atoms with E-state index in [-0.39, 0.29) is 11.8 Å². The molecule has 0 unspecified atom stereocenters. The maximum atomic E-state index is 12.3. The molecule has 0 aliphatic carbocycles. The van der Waals surface area contributed by atoms with Crippen LogP contribution in [0.2, 0.25) is 0 Å². The zero-order valence-electron chi connectivity index (χ0n) is 14.8. The summed E-state index contributed by atoms with van der Waals surface area (Å²) in [4.78, 5) is 26.2. The van der Waals surface area contributed by atoms with Crippen molar-refractivity contribution in [2.24, 2.45) is 5.92 Å². The Bertz CT molecular complexity index is 529. The lowest BCUT2D eigenvalue weighted by Gasteiger charge is -2.28. The molecule has 0 aliphatic rings. The minimum atomic E-state index is -0.507. The lowest BCUT2D eigenvalue weighted by atomic mass is 10.1. The van der Waals surface area contributed by atoms with Gasteiger partial charge in [-0.3, -0.25) is 9.59 Å². The molecule has 128 valence electrons. The number of carbonyl (C=O) groups excluding carboxylic acids is 2. The van der Waals surface area contributed by atoms with Crippen LogP contribution in [-0.2, 0) is 16.1 Å². The van der Waals surface area contributed by atoms with Crippen LogP contribution < -0.4 is 10.1 Å². The SMILES string of the molecule is CCC(=O)N(Cc1cccc(OC)c1)[C@@H](C)C(=O)NCC(C)C. The standard InChI is InChI=1S/C18H28N2O3/c1-6-17(21)20(14(4)18(22)19-11-13(2)3)12-15-8-7-9-16(10-15)23-5/h7-10,13-14H,6,11-12H2,1-5H3,(H,19,22)/t14-/m0/s1. The number of hydrogen-bond acceptors (Lipinski definition) is 3. The lowest BCUT2D eigenvalue weighted by Crippen LogP contribution is -2.48. The average Bonchev–Trinajstić information content (AvgIpc) is 2.56. The zero-order valence-corrected chi connectivity index (χ0v) is 14.8. The monoisotopic (exact) mass is 320 g/mol. The number of benzene rings is 1. The van der Waals surface area contributed by atoms with Gasteiger partial charge in [0.25, 0.3) is 0 Å². The molecule has 0 heterocycles. The van der Waals surface area contributed by atoms with Crippen molar-refractivity contribution in [1.29, 1.82) is 0 Å². The Labute approximate surface area is 139 Å². The van der Waals surface area contributed by atoms with Crippen LogP contribution in [0.3, 0.4) is 0 Å². The molecule has 1 rings (SSSR count). The molecular formula is C18H28N2O3. The van der Waals surface area contributed by atoms with Crippen molar-refractivity contribution in [3.63, 3.8) is 0 Å². The second-order valence-electron chi connectivity index (χ2n) is 6.04. The van der Waals surface area contributed by atoms with Crippen LogP contribution in [0.5, 0.6) is 5.75 Å². The zero-order chi connectivity index (χ0) is 17.4. The summed E-state index contributed by atoms with van der Waals surface area (Å²) in [6, 6.07) is 7.04.